The van der Waals surface area contributed by atoms with Crippen LogP contribution in [0.1, 0.15) is 38.8 Å². The molecule has 1 aromatic heterocycles. The number of hydrogen-bond donors (Lipinski definition) is 0. The summed E-state index contributed by atoms with van der Waals surface area (Å²) in [5, 5.41) is 5.28. The highest BCUT2D eigenvalue weighted by Gasteiger charge is 2.21. The Balaban J connectivity index is 2.51. The van der Waals surface area contributed by atoms with E-state index < -0.39 is 0 Å². The van der Waals surface area contributed by atoms with Crippen LogP contribution in [0.15, 0.2) is 12.3 Å². The molecule has 0 saturated carbocycles. The maximum atomic E-state index is 4.19. The molecular weight excluding hydrogens is 252 g/mol. The lowest BCUT2D eigenvalue weighted by atomic mass is 9.83. The summed E-state index contributed by atoms with van der Waals surface area (Å²) in [5.74, 6) is 0. The zero-order valence-electron chi connectivity index (χ0n) is 9.96. The van der Waals surface area contributed by atoms with Crippen molar-refractivity contribution in [3.63, 3.8) is 0 Å². The second-order valence-corrected chi connectivity index (χ2v) is 5.20. The van der Waals surface area contributed by atoms with Gasteiger partial charge in [-0.05, 0) is 30.7 Å². The summed E-state index contributed by atoms with van der Waals surface area (Å²) in [5.41, 5.74) is 1.76. The van der Waals surface area contributed by atoms with E-state index in [0.717, 1.165) is 11.8 Å². The predicted molar refractivity (Wildman–Crippen MR) is 68.3 cm³/mol. The second kappa shape index (κ2) is 5.69. The highest BCUT2D eigenvalue weighted by Crippen LogP contribution is 2.31. The molecule has 0 aliphatic carbocycles. The van der Waals surface area contributed by atoms with Gasteiger partial charge in [0.25, 0.3) is 0 Å². The van der Waals surface area contributed by atoms with Crippen LogP contribution in [-0.4, -0.2) is 15.1 Å². The largest absolute Gasteiger partial charge is 0.273 e. The van der Waals surface area contributed by atoms with Crippen LogP contribution in [0.25, 0.3) is 0 Å². The third-order valence-corrected chi connectivity index (χ3v) is 4.44. The van der Waals surface area contributed by atoms with Crippen molar-refractivity contribution >= 4 is 15.9 Å². The minimum atomic E-state index is 0.430. The molecule has 1 aromatic rings. The predicted octanol–water partition coefficient (Wildman–Crippen LogP) is 3.55. The van der Waals surface area contributed by atoms with Crippen LogP contribution in [0.2, 0.25) is 0 Å². The zero-order chi connectivity index (χ0) is 11.3. The molecule has 0 bridgehead atoms. The van der Waals surface area contributed by atoms with Gasteiger partial charge < -0.3 is 0 Å². The minimum Gasteiger partial charge on any atom is -0.273 e. The van der Waals surface area contributed by atoms with Crippen molar-refractivity contribution in [1.29, 1.82) is 0 Å². The Hall–Kier alpha value is -0.310. The number of hydrogen-bond acceptors (Lipinski definition) is 1. The number of nitrogens with zero attached hydrogens (tertiary/aromatic N) is 2. The lowest BCUT2D eigenvalue weighted by Crippen LogP contribution is -2.19. The van der Waals surface area contributed by atoms with Crippen molar-refractivity contribution in [2.75, 3.05) is 5.33 Å². The molecule has 1 unspecified atom stereocenters. The molecule has 86 valence electrons. The van der Waals surface area contributed by atoms with E-state index in [2.05, 4.69) is 40.9 Å². The van der Waals surface area contributed by atoms with Gasteiger partial charge in [-0.15, -0.1) is 0 Å². The van der Waals surface area contributed by atoms with Gasteiger partial charge >= 0.3 is 0 Å². The van der Waals surface area contributed by atoms with E-state index in [0.29, 0.717) is 5.41 Å². The van der Waals surface area contributed by atoms with E-state index in [1.54, 1.807) is 0 Å². The number of halogens is 1. The van der Waals surface area contributed by atoms with Crippen molar-refractivity contribution in [2.45, 2.75) is 39.5 Å². The summed E-state index contributed by atoms with van der Waals surface area (Å²) >= 11 is 3.63. The summed E-state index contributed by atoms with van der Waals surface area (Å²) in [6.45, 7) is 4.62. The SMILES string of the molecule is CCCC(C)(CBr)CCc1ccnn1C. The molecule has 0 aliphatic rings. The van der Waals surface area contributed by atoms with E-state index in [4.69, 9.17) is 0 Å². The summed E-state index contributed by atoms with van der Waals surface area (Å²) in [7, 11) is 2.01. The highest BCUT2D eigenvalue weighted by atomic mass is 79.9. The molecule has 15 heavy (non-hydrogen) atoms. The first kappa shape index (κ1) is 12.8. The van der Waals surface area contributed by atoms with Gasteiger partial charge in [-0.2, -0.15) is 5.10 Å². The maximum Gasteiger partial charge on any atom is 0.0492 e. The first-order chi connectivity index (χ1) is 7.11. The molecule has 0 radical (unpaired) electrons. The lowest BCUT2D eigenvalue weighted by Gasteiger charge is -2.26. The first-order valence-corrected chi connectivity index (χ1v) is 6.76. The first-order valence-electron chi connectivity index (χ1n) is 5.64. The van der Waals surface area contributed by atoms with E-state index in [1.807, 2.05) is 17.9 Å². The van der Waals surface area contributed by atoms with Crippen molar-refractivity contribution in [1.82, 2.24) is 9.78 Å². The monoisotopic (exact) mass is 272 g/mol. The van der Waals surface area contributed by atoms with Gasteiger partial charge in [0.15, 0.2) is 0 Å². The van der Waals surface area contributed by atoms with Crippen LogP contribution in [0, 0.1) is 5.41 Å². The topological polar surface area (TPSA) is 17.8 Å². The van der Waals surface area contributed by atoms with Gasteiger partial charge in [-0.1, -0.05) is 36.2 Å². The Morgan fingerprint density at radius 1 is 1.47 bits per heavy atom. The molecule has 0 saturated heterocycles. The fourth-order valence-corrected chi connectivity index (χ4v) is 2.50. The van der Waals surface area contributed by atoms with E-state index in [1.165, 1.54) is 25.0 Å². The Morgan fingerprint density at radius 3 is 2.67 bits per heavy atom. The molecule has 0 N–H and O–H groups in total. The Morgan fingerprint density at radius 2 is 2.20 bits per heavy atom. The van der Waals surface area contributed by atoms with Crippen LogP contribution >= 0.6 is 15.9 Å². The molecule has 1 heterocycles. The van der Waals surface area contributed by atoms with Gasteiger partial charge in [-0.25, -0.2) is 0 Å². The molecule has 1 atom stereocenters. The average Bonchev–Trinajstić information content (AvgIpc) is 2.62. The van der Waals surface area contributed by atoms with Crippen molar-refractivity contribution in [2.24, 2.45) is 12.5 Å². The summed E-state index contributed by atoms with van der Waals surface area (Å²) in [6, 6.07) is 2.11. The molecule has 0 fully saturated rings. The van der Waals surface area contributed by atoms with Gasteiger partial charge in [-0.3, -0.25) is 4.68 Å². The quantitative estimate of drug-likeness (QED) is 0.725. The van der Waals surface area contributed by atoms with Gasteiger partial charge in [0, 0.05) is 24.3 Å². The minimum absolute atomic E-state index is 0.430. The fraction of sp³-hybridized carbons (Fsp3) is 0.750. The van der Waals surface area contributed by atoms with Crippen molar-refractivity contribution in [3.8, 4) is 0 Å². The Labute approximate surface area is 101 Å². The smallest absolute Gasteiger partial charge is 0.0492 e. The van der Waals surface area contributed by atoms with Crippen molar-refractivity contribution < 1.29 is 0 Å². The van der Waals surface area contributed by atoms with Crippen LogP contribution in [0.3, 0.4) is 0 Å². The Bertz CT molecular complexity index is 296. The highest BCUT2D eigenvalue weighted by molar-refractivity contribution is 9.09. The van der Waals surface area contributed by atoms with E-state index >= 15 is 0 Å². The van der Waals surface area contributed by atoms with Gasteiger partial charge in [0.2, 0.25) is 0 Å². The number of alkyl halides is 1. The molecule has 0 aromatic carbocycles. The molecular formula is C12H21BrN2. The second-order valence-electron chi connectivity index (χ2n) is 4.64. The molecule has 0 spiro atoms. The molecule has 0 aliphatic heterocycles. The van der Waals surface area contributed by atoms with Gasteiger partial charge in [0.1, 0.15) is 0 Å². The van der Waals surface area contributed by atoms with Crippen LogP contribution in [0.5, 0.6) is 0 Å². The summed E-state index contributed by atoms with van der Waals surface area (Å²) < 4.78 is 1.97. The van der Waals surface area contributed by atoms with E-state index in [9.17, 15) is 0 Å². The fourth-order valence-electron chi connectivity index (χ4n) is 1.94. The normalized spacial score (nSPS) is 15.2. The van der Waals surface area contributed by atoms with Crippen LogP contribution in [0.4, 0.5) is 0 Å². The number of aromatic nitrogens is 2. The third kappa shape index (κ3) is 3.63. The Kier molecular flexibility index (Phi) is 4.84. The number of rotatable bonds is 6. The van der Waals surface area contributed by atoms with Crippen molar-refractivity contribution in [3.05, 3.63) is 18.0 Å². The zero-order valence-corrected chi connectivity index (χ0v) is 11.5. The summed E-state index contributed by atoms with van der Waals surface area (Å²) in [6.07, 6.45) is 6.77. The lowest BCUT2D eigenvalue weighted by molar-refractivity contribution is 0.312. The van der Waals surface area contributed by atoms with E-state index in [-0.39, 0.29) is 0 Å². The molecule has 2 nitrogen and oxygen atoms in total. The van der Waals surface area contributed by atoms with Crippen LogP contribution < -0.4 is 0 Å². The molecule has 3 heteroatoms. The third-order valence-electron chi connectivity index (χ3n) is 3.08. The maximum absolute atomic E-state index is 4.19. The molecule has 0 amide bonds. The van der Waals surface area contributed by atoms with Gasteiger partial charge in [0.05, 0.1) is 0 Å². The standard InChI is InChI=1S/C12H21BrN2/c1-4-7-12(2,10-13)8-5-11-6-9-14-15(11)3/h6,9H,4-5,7-8,10H2,1-3H3. The van der Waals surface area contributed by atoms with Crippen LogP contribution in [-0.2, 0) is 13.5 Å². The summed E-state index contributed by atoms with van der Waals surface area (Å²) in [4.78, 5) is 0. The number of aryl methyl sites for hydroxylation is 2. The molecule has 1 rings (SSSR count). The average molecular weight is 273 g/mol.